The lowest BCUT2D eigenvalue weighted by Gasteiger charge is -2.30. The van der Waals surface area contributed by atoms with Gasteiger partial charge in [-0.3, -0.25) is 10.3 Å². The van der Waals surface area contributed by atoms with Gasteiger partial charge in [-0.1, -0.05) is 18.2 Å². The Bertz CT molecular complexity index is 487. The van der Waals surface area contributed by atoms with Gasteiger partial charge in [0.2, 0.25) is 0 Å². The van der Waals surface area contributed by atoms with Crippen LogP contribution in [0.3, 0.4) is 0 Å². The Balaban J connectivity index is 1.68. The number of benzene rings is 1. The van der Waals surface area contributed by atoms with Gasteiger partial charge in [-0.25, -0.2) is 0 Å². The fraction of sp³-hybridized carbons (Fsp3) is 0.588. The molecule has 0 amide bonds. The third-order valence-corrected chi connectivity index (χ3v) is 4.62. The summed E-state index contributed by atoms with van der Waals surface area (Å²) in [7, 11) is 0. The molecule has 0 bridgehead atoms. The lowest BCUT2D eigenvalue weighted by molar-refractivity contribution is 0.0367. The molecule has 3 rings (SSSR count). The summed E-state index contributed by atoms with van der Waals surface area (Å²) in [4.78, 5) is 6.84. The average Bonchev–Trinajstić information content (AvgIpc) is 2.90. The van der Waals surface area contributed by atoms with Crippen LogP contribution in [0.5, 0.6) is 0 Å². The van der Waals surface area contributed by atoms with Gasteiger partial charge in [0.25, 0.3) is 0 Å². The highest BCUT2D eigenvalue weighted by Gasteiger charge is 2.34. The Hall–Kier alpha value is -1.59. The summed E-state index contributed by atoms with van der Waals surface area (Å²) in [6, 6.07) is 10.7. The molecule has 1 aromatic carbocycles. The Morgan fingerprint density at radius 2 is 1.91 bits per heavy atom. The van der Waals surface area contributed by atoms with Gasteiger partial charge in [0.1, 0.15) is 0 Å². The van der Waals surface area contributed by atoms with E-state index < -0.39 is 0 Å². The molecule has 0 spiro atoms. The van der Waals surface area contributed by atoms with Gasteiger partial charge in [-0.15, -0.1) is 0 Å². The van der Waals surface area contributed by atoms with E-state index in [1.54, 1.807) is 0 Å². The van der Waals surface area contributed by atoms with Crippen LogP contribution >= 0.6 is 0 Å². The topological polar surface area (TPSA) is 42.8 Å². The van der Waals surface area contributed by atoms with Crippen LogP contribution in [0.2, 0.25) is 0 Å². The Labute approximate surface area is 133 Å². The molecule has 5 heteroatoms. The van der Waals surface area contributed by atoms with Crippen molar-refractivity contribution in [1.29, 1.82) is 5.41 Å². The molecular formula is C17H26N4O. The molecule has 2 aliphatic rings. The van der Waals surface area contributed by atoms with E-state index in [1.807, 2.05) is 6.07 Å². The summed E-state index contributed by atoms with van der Waals surface area (Å²) in [5.41, 5.74) is 1.13. The van der Waals surface area contributed by atoms with Crippen molar-refractivity contribution in [3.05, 3.63) is 30.3 Å². The summed E-state index contributed by atoms with van der Waals surface area (Å²) >= 11 is 0. The molecule has 0 saturated carbocycles. The molecule has 2 aliphatic heterocycles. The summed E-state index contributed by atoms with van der Waals surface area (Å²) in [6.07, 6.45) is 1.09. The van der Waals surface area contributed by atoms with Crippen molar-refractivity contribution >= 4 is 11.6 Å². The zero-order valence-corrected chi connectivity index (χ0v) is 13.4. The molecular weight excluding hydrogens is 276 g/mol. The van der Waals surface area contributed by atoms with Crippen molar-refractivity contribution in [2.75, 3.05) is 50.8 Å². The van der Waals surface area contributed by atoms with Crippen LogP contribution in [0.15, 0.2) is 30.3 Å². The summed E-state index contributed by atoms with van der Waals surface area (Å²) in [5, 5.41) is 8.47. The molecule has 1 unspecified atom stereocenters. The van der Waals surface area contributed by atoms with Crippen molar-refractivity contribution < 1.29 is 4.74 Å². The van der Waals surface area contributed by atoms with Crippen LogP contribution in [-0.4, -0.2) is 67.7 Å². The van der Waals surface area contributed by atoms with Gasteiger partial charge in [-0.2, -0.15) is 0 Å². The molecule has 120 valence electrons. The molecule has 1 atom stereocenters. The lowest BCUT2D eigenvalue weighted by atomic mass is 10.1. The Morgan fingerprint density at radius 1 is 1.18 bits per heavy atom. The predicted molar refractivity (Wildman–Crippen MR) is 89.6 cm³/mol. The molecule has 0 aromatic heterocycles. The molecule has 2 heterocycles. The number of rotatable bonds is 5. The first-order valence-electron chi connectivity index (χ1n) is 8.27. The molecule has 0 radical (unpaired) electrons. The lowest BCUT2D eigenvalue weighted by Crippen LogP contribution is -2.41. The van der Waals surface area contributed by atoms with Crippen LogP contribution in [0.25, 0.3) is 0 Å². The largest absolute Gasteiger partial charge is 0.379 e. The highest BCUT2D eigenvalue weighted by molar-refractivity contribution is 5.96. The van der Waals surface area contributed by atoms with E-state index in [-0.39, 0.29) is 0 Å². The first-order valence-corrected chi connectivity index (χ1v) is 8.27. The molecule has 5 nitrogen and oxygen atoms in total. The van der Waals surface area contributed by atoms with E-state index in [2.05, 4.69) is 45.9 Å². The monoisotopic (exact) mass is 302 g/mol. The maximum Gasteiger partial charge on any atom is 0.198 e. The van der Waals surface area contributed by atoms with E-state index in [1.165, 1.54) is 0 Å². The quantitative estimate of drug-likeness (QED) is 0.901. The van der Waals surface area contributed by atoms with Crippen LogP contribution in [-0.2, 0) is 4.74 Å². The number of nitrogens with one attached hydrogen (secondary N) is 1. The standard InChI is InChI=1S/C17H26N4O/c1-2-20-14-16(8-9-19-10-12-22-13-11-19)21(17(20)18)15-6-4-3-5-7-15/h3-7,16,18H,2,8-14H2,1H3. The second-order valence-electron chi connectivity index (χ2n) is 5.96. The third-order valence-electron chi connectivity index (χ3n) is 4.62. The number of para-hydroxylation sites is 1. The van der Waals surface area contributed by atoms with Gasteiger partial charge in [0.05, 0.1) is 19.3 Å². The van der Waals surface area contributed by atoms with Gasteiger partial charge in [0.15, 0.2) is 5.96 Å². The second kappa shape index (κ2) is 7.11. The van der Waals surface area contributed by atoms with Crippen LogP contribution in [0.4, 0.5) is 5.69 Å². The summed E-state index contributed by atoms with van der Waals surface area (Å²) in [6.45, 7) is 8.84. The summed E-state index contributed by atoms with van der Waals surface area (Å²) < 4.78 is 5.42. The van der Waals surface area contributed by atoms with Crippen molar-refractivity contribution in [1.82, 2.24) is 9.80 Å². The van der Waals surface area contributed by atoms with E-state index >= 15 is 0 Å². The number of nitrogens with zero attached hydrogens (tertiary/aromatic N) is 3. The number of hydrogen-bond acceptors (Lipinski definition) is 3. The minimum atomic E-state index is 0.387. The average molecular weight is 302 g/mol. The number of morpholine rings is 1. The zero-order chi connectivity index (χ0) is 15.4. The Kier molecular flexibility index (Phi) is 4.95. The molecule has 22 heavy (non-hydrogen) atoms. The second-order valence-corrected chi connectivity index (χ2v) is 5.96. The first kappa shape index (κ1) is 15.3. The third kappa shape index (κ3) is 3.25. The maximum atomic E-state index is 8.47. The normalized spacial score (nSPS) is 23.3. The maximum absolute atomic E-state index is 8.47. The van der Waals surface area contributed by atoms with E-state index in [0.717, 1.165) is 58.0 Å². The van der Waals surface area contributed by atoms with E-state index in [9.17, 15) is 0 Å². The number of hydrogen-bond donors (Lipinski definition) is 1. The highest BCUT2D eigenvalue weighted by atomic mass is 16.5. The van der Waals surface area contributed by atoms with Crippen LogP contribution < -0.4 is 4.90 Å². The van der Waals surface area contributed by atoms with Gasteiger partial charge in [0, 0.05) is 38.4 Å². The minimum Gasteiger partial charge on any atom is -0.379 e. The van der Waals surface area contributed by atoms with E-state index in [4.69, 9.17) is 10.1 Å². The number of likely N-dealkylation sites (N-methyl/N-ethyl adjacent to an activating group) is 1. The number of anilines is 1. The number of guanidine groups is 1. The fourth-order valence-corrected chi connectivity index (χ4v) is 3.33. The van der Waals surface area contributed by atoms with Crippen LogP contribution in [0.1, 0.15) is 13.3 Å². The molecule has 1 aromatic rings. The minimum absolute atomic E-state index is 0.387. The summed E-state index contributed by atoms with van der Waals surface area (Å²) in [5.74, 6) is 0.640. The fourth-order valence-electron chi connectivity index (χ4n) is 3.33. The SMILES string of the molecule is CCN1CC(CCN2CCOCC2)N(c2ccccc2)C1=N. The van der Waals surface area contributed by atoms with Crippen molar-refractivity contribution in [2.45, 2.75) is 19.4 Å². The zero-order valence-electron chi connectivity index (χ0n) is 13.4. The van der Waals surface area contributed by atoms with Crippen molar-refractivity contribution in [3.63, 3.8) is 0 Å². The van der Waals surface area contributed by atoms with Crippen molar-refractivity contribution in [2.24, 2.45) is 0 Å². The molecule has 2 saturated heterocycles. The predicted octanol–water partition coefficient (Wildman–Crippen LogP) is 1.85. The molecule has 2 fully saturated rings. The highest BCUT2D eigenvalue weighted by Crippen LogP contribution is 2.25. The van der Waals surface area contributed by atoms with Crippen LogP contribution in [0, 0.1) is 5.41 Å². The van der Waals surface area contributed by atoms with Gasteiger partial charge in [-0.05, 0) is 25.5 Å². The first-order chi connectivity index (χ1) is 10.8. The van der Waals surface area contributed by atoms with Gasteiger partial charge >= 0.3 is 0 Å². The Morgan fingerprint density at radius 3 is 2.59 bits per heavy atom. The molecule has 0 aliphatic carbocycles. The van der Waals surface area contributed by atoms with Crippen molar-refractivity contribution in [3.8, 4) is 0 Å². The van der Waals surface area contributed by atoms with Gasteiger partial charge < -0.3 is 14.5 Å². The molecule has 1 N–H and O–H groups in total. The van der Waals surface area contributed by atoms with E-state index in [0.29, 0.717) is 12.0 Å². The smallest absolute Gasteiger partial charge is 0.198 e. The number of ether oxygens (including phenoxy) is 1.